The first-order valence-corrected chi connectivity index (χ1v) is 12.7. The Balaban J connectivity index is 1.83. The summed E-state index contributed by atoms with van der Waals surface area (Å²) in [7, 11) is -3.99. The lowest BCUT2D eigenvalue weighted by atomic mass is 10.2. The van der Waals surface area contributed by atoms with Gasteiger partial charge in [0.15, 0.2) is 0 Å². The molecular weight excluding hydrogens is 466 g/mol. The molecule has 0 fully saturated rings. The maximum Gasteiger partial charge on any atom is 0.264 e. The van der Waals surface area contributed by atoms with Gasteiger partial charge in [-0.15, -0.1) is 11.8 Å². The van der Waals surface area contributed by atoms with E-state index in [0.29, 0.717) is 16.3 Å². The summed E-state index contributed by atoms with van der Waals surface area (Å²) in [5, 5.41) is 4.44. The van der Waals surface area contributed by atoms with Crippen LogP contribution < -0.4 is 9.73 Å². The van der Waals surface area contributed by atoms with Crippen LogP contribution >= 0.6 is 23.4 Å². The molecule has 1 N–H and O–H groups in total. The van der Waals surface area contributed by atoms with Gasteiger partial charge >= 0.3 is 0 Å². The van der Waals surface area contributed by atoms with Gasteiger partial charge in [0.25, 0.3) is 15.9 Å². The van der Waals surface area contributed by atoms with E-state index in [1.165, 1.54) is 18.3 Å². The summed E-state index contributed by atoms with van der Waals surface area (Å²) in [4.78, 5) is 13.8. The Morgan fingerprint density at radius 1 is 1.09 bits per heavy atom. The fraction of sp³-hybridized carbons (Fsp3) is 0.130. The molecule has 0 saturated heterocycles. The number of nitrogens with one attached hydrogen (secondary N) is 1. The molecule has 3 aromatic carbocycles. The van der Waals surface area contributed by atoms with Crippen molar-refractivity contribution in [3.63, 3.8) is 0 Å². The van der Waals surface area contributed by atoms with Gasteiger partial charge in [-0.25, -0.2) is 13.8 Å². The predicted octanol–water partition coefficient (Wildman–Crippen LogP) is 4.72. The molecule has 166 valence electrons. The lowest BCUT2D eigenvalue weighted by molar-refractivity contribution is -0.119. The van der Waals surface area contributed by atoms with Gasteiger partial charge in [-0.05, 0) is 66.8 Å². The van der Waals surface area contributed by atoms with Crippen molar-refractivity contribution in [2.24, 2.45) is 5.10 Å². The van der Waals surface area contributed by atoms with E-state index in [0.717, 1.165) is 14.8 Å². The molecule has 9 heteroatoms. The van der Waals surface area contributed by atoms with Gasteiger partial charge < -0.3 is 0 Å². The van der Waals surface area contributed by atoms with E-state index >= 15 is 0 Å². The summed E-state index contributed by atoms with van der Waals surface area (Å²) in [6, 6.07) is 20.4. The molecule has 0 aliphatic rings. The quantitative estimate of drug-likeness (QED) is 0.283. The highest BCUT2D eigenvalue weighted by molar-refractivity contribution is 7.98. The van der Waals surface area contributed by atoms with Gasteiger partial charge in [-0.3, -0.25) is 9.10 Å². The average Bonchev–Trinajstić information content (AvgIpc) is 2.79. The van der Waals surface area contributed by atoms with Gasteiger partial charge in [-0.1, -0.05) is 41.9 Å². The maximum atomic E-state index is 13.3. The number of sulfonamides is 1. The third kappa shape index (κ3) is 5.91. The monoisotopic (exact) mass is 487 g/mol. The molecule has 1 amide bonds. The predicted molar refractivity (Wildman–Crippen MR) is 131 cm³/mol. The summed E-state index contributed by atoms with van der Waals surface area (Å²) < 4.78 is 27.7. The SMILES string of the molecule is CSc1ccc(/C=N/NC(=O)CN(c2ccc(Cl)cc2C)S(=O)(=O)c2ccccc2)cc1. The fourth-order valence-electron chi connectivity index (χ4n) is 2.95. The number of carbonyl (C=O) groups is 1. The van der Waals surface area contributed by atoms with Crippen molar-refractivity contribution in [3.05, 3.63) is 88.9 Å². The van der Waals surface area contributed by atoms with E-state index in [1.54, 1.807) is 55.1 Å². The van der Waals surface area contributed by atoms with E-state index < -0.39 is 22.5 Å². The minimum absolute atomic E-state index is 0.0829. The smallest absolute Gasteiger partial charge is 0.264 e. The van der Waals surface area contributed by atoms with Crippen LogP contribution in [-0.4, -0.2) is 33.3 Å². The Kier molecular flexibility index (Phi) is 7.95. The third-order valence-electron chi connectivity index (χ3n) is 4.56. The molecule has 3 aromatic rings. The normalized spacial score (nSPS) is 11.5. The summed E-state index contributed by atoms with van der Waals surface area (Å²) in [5.41, 5.74) is 4.21. The van der Waals surface area contributed by atoms with Crippen molar-refractivity contribution < 1.29 is 13.2 Å². The first-order chi connectivity index (χ1) is 15.3. The zero-order chi connectivity index (χ0) is 23.1. The second-order valence-electron chi connectivity index (χ2n) is 6.82. The molecule has 0 unspecified atom stereocenters. The first kappa shape index (κ1) is 23.8. The number of hydrogen-bond donors (Lipinski definition) is 1. The van der Waals surface area contributed by atoms with Gasteiger partial charge in [0.2, 0.25) is 0 Å². The van der Waals surface area contributed by atoms with Gasteiger partial charge in [0.1, 0.15) is 6.54 Å². The first-order valence-electron chi connectivity index (χ1n) is 9.61. The number of anilines is 1. The molecule has 0 saturated carbocycles. The molecule has 0 radical (unpaired) electrons. The Morgan fingerprint density at radius 3 is 2.41 bits per heavy atom. The van der Waals surface area contributed by atoms with Crippen LogP contribution in [0.2, 0.25) is 5.02 Å². The Bertz CT molecular complexity index is 1210. The van der Waals surface area contributed by atoms with Gasteiger partial charge in [0, 0.05) is 9.92 Å². The second kappa shape index (κ2) is 10.7. The molecule has 0 atom stereocenters. The molecule has 0 aromatic heterocycles. The summed E-state index contributed by atoms with van der Waals surface area (Å²) >= 11 is 7.67. The number of halogens is 1. The second-order valence-corrected chi connectivity index (χ2v) is 10.0. The Hall–Kier alpha value is -2.81. The topological polar surface area (TPSA) is 78.8 Å². The highest BCUT2D eigenvalue weighted by Crippen LogP contribution is 2.28. The molecule has 0 bridgehead atoms. The van der Waals surface area contributed by atoms with E-state index in [9.17, 15) is 13.2 Å². The molecule has 0 heterocycles. The number of amides is 1. The van der Waals surface area contributed by atoms with Crippen LogP contribution in [-0.2, 0) is 14.8 Å². The lowest BCUT2D eigenvalue weighted by Gasteiger charge is -2.25. The third-order valence-corrected chi connectivity index (χ3v) is 7.32. The fourth-order valence-corrected chi connectivity index (χ4v) is 5.09. The molecule has 32 heavy (non-hydrogen) atoms. The highest BCUT2D eigenvalue weighted by atomic mass is 35.5. The lowest BCUT2D eigenvalue weighted by Crippen LogP contribution is -2.40. The number of benzene rings is 3. The summed E-state index contributed by atoms with van der Waals surface area (Å²) in [5.74, 6) is -0.573. The van der Waals surface area contributed by atoms with E-state index in [4.69, 9.17) is 11.6 Å². The maximum absolute atomic E-state index is 13.3. The minimum atomic E-state index is -3.99. The van der Waals surface area contributed by atoms with Gasteiger partial charge in [-0.2, -0.15) is 5.10 Å². The van der Waals surface area contributed by atoms with Crippen LogP contribution in [0, 0.1) is 6.92 Å². The Labute approximate surface area is 197 Å². The van der Waals surface area contributed by atoms with Crippen LogP contribution in [0.4, 0.5) is 5.69 Å². The van der Waals surface area contributed by atoms with Crippen molar-refractivity contribution in [1.82, 2.24) is 5.43 Å². The zero-order valence-corrected chi connectivity index (χ0v) is 19.9. The highest BCUT2D eigenvalue weighted by Gasteiger charge is 2.28. The minimum Gasteiger partial charge on any atom is -0.271 e. The number of hydrogen-bond acceptors (Lipinski definition) is 5. The number of hydrazone groups is 1. The molecule has 0 aliphatic heterocycles. The van der Waals surface area contributed by atoms with Crippen molar-refractivity contribution in [2.45, 2.75) is 16.7 Å². The van der Waals surface area contributed by atoms with Crippen molar-refractivity contribution in [1.29, 1.82) is 0 Å². The van der Waals surface area contributed by atoms with Crippen LogP contribution in [0.15, 0.2) is 87.7 Å². The molecule has 0 spiro atoms. The number of rotatable bonds is 8. The van der Waals surface area contributed by atoms with E-state index in [2.05, 4.69) is 10.5 Å². The van der Waals surface area contributed by atoms with E-state index in [1.807, 2.05) is 30.5 Å². The average molecular weight is 488 g/mol. The molecule has 6 nitrogen and oxygen atoms in total. The number of nitrogens with zero attached hydrogens (tertiary/aromatic N) is 2. The largest absolute Gasteiger partial charge is 0.271 e. The summed E-state index contributed by atoms with van der Waals surface area (Å²) in [6.45, 7) is 1.30. The van der Waals surface area contributed by atoms with Gasteiger partial charge in [0.05, 0.1) is 16.8 Å². The molecule has 3 rings (SSSR count). The molecule has 0 aliphatic carbocycles. The van der Waals surface area contributed by atoms with E-state index in [-0.39, 0.29) is 4.90 Å². The van der Waals surface area contributed by atoms with Crippen molar-refractivity contribution in [2.75, 3.05) is 17.1 Å². The van der Waals surface area contributed by atoms with Crippen molar-refractivity contribution >= 4 is 51.2 Å². The summed E-state index contributed by atoms with van der Waals surface area (Å²) in [6.07, 6.45) is 3.49. The van der Waals surface area contributed by atoms with Crippen molar-refractivity contribution in [3.8, 4) is 0 Å². The standard InChI is InChI=1S/C23H22ClN3O3S2/c1-17-14-19(24)10-13-22(17)27(32(29,30)21-6-4-3-5-7-21)16-23(28)26-25-15-18-8-11-20(31-2)12-9-18/h3-15H,16H2,1-2H3,(H,26,28)/b25-15+. The van der Waals surface area contributed by atoms with Crippen LogP contribution in [0.3, 0.4) is 0 Å². The Morgan fingerprint density at radius 2 is 1.78 bits per heavy atom. The number of aryl methyl sites for hydroxylation is 1. The number of thioether (sulfide) groups is 1. The van der Waals surface area contributed by atoms with Crippen LogP contribution in [0.5, 0.6) is 0 Å². The molecular formula is C23H22ClN3O3S2. The van der Waals surface area contributed by atoms with Crippen LogP contribution in [0.1, 0.15) is 11.1 Å². The van der Waals surface area contributed by atoms with Crippen LogP contribution in [0.25, 0.3) is 0 Å². The zero-order valence-electron chi connectivity index (χ0n) is 17.5. The number of carbonyl (C=O) groups excluding carboxylic acids is 1.